The van der Waals surface area contributed by atoms with Gasteiger partial charge in [-0.2, -0.15) is 5.10 Å². The summed E-state index contributed by atoms with van der Waals surface area (Å²) in [5.74, 6) is 0. The Labute approximate surface area is 158 Å². The zero-order valence-electron chi connectivity index (χ0n) is 13.9. The summed E-state index contributed by atoms with van der Waals surface area (Å²) in [6, 6.07) is 11.1. The standard InChI is InChI=1S/C18H20Cl3N3/c1-4-9-24(18-8-6-14(20)11-16(18)21)23-12(2)15-10-13(19)5-7-17(15)22-3/h5-8,10-11,22H,4,9H2,1-3H3/b23-12-. The van der Waals surface area contributed by atoms with Gasteiger partial charge in [-0.1, -0.05) is 41.7 Å². The molecular formula is C18H20Cl3N3. The van der Waals surface area contributed by atoms with Gasteiger partial charge in [-0.05, 0) is 49.7 Å². The molecule has 0 amide bonds. The van der Waals surface area contributed by atoms with Crippen LogP contribution in [0.15, 0.2) is 41.5 Å². The summed E-state index contributed by atoms with van der Waals surface area (Å²) in [7, 11) is 1.87. The Morgan fingerprint density at radius 2 is 1.75 bits per heavy atom. The predicted molar refractivity (Wildman–Crippen MR) is 107 cm³/mol. The minimum absolute atomic E-state index is 0.576. The van der Waals surface area contributed by atoms with Crippen molar-refractivity contribution in [3.05, 3.63) is 57.0 Å². The Morgan fingerprint density at radius 3 is 2.38 bits per heavy atom. The third-order valence-electron chi connectivity index (χ3n) is 3.53. The molecule has 0 atom stereocenters. The fourth-order valence-corrected chi connectivity index (χ4v) is 3.07. The summed E-state index contributed by atoms with van der Waals surface area (Å²) in [6.07, 6.45) is 0.935. The third kappa shape index (κ3) is 4.56. The van der Waals surface area contributed by atoms with Crippen molar-refractivity contribution in [3.8, 4) is 0 Å². The molecule has 0 aliphatic rings. The summed E-state index contributed by atoms with van der Waals surface area (Å²) in [6.45, 7) is 4.80. The van der Waals surface area contributed by atoms with Gasteiger partial charge >= 0.3 is 0 Å². The highest BCUT2D eigenvalue weighted by atomic mass is 35.5. The van der Waals surface area contributed by atoms with Gasteiger partial charge in [0, 0.05) is 34.9 Å². The van der Waals surface area contributed by atoms with Gasteiger partial charge in [-0.15, -0.1) is 0 Å². The normalized spacial score (nSPS) is 11.5. The first-order valence-electron chi connectivity index (χ1n) is 7.71. The summed E-state index contributed by atoms with van der Waals surface area (Å²) in [5.41, 5.74) is 3.60. The van der Waals surface area contributed by atoms with E-state index in [0.717, 1.165) is 35.6 Å². The molecule has 1 N–H and O–H groups in total. The Hall–Kier alpha value is -1.42. The number of halogens is 3. The molecule has 2 aromatic rings. The molecule has 0 fully saturated rings. The highest BCUT2D eigenvalue weighted by Crippen LogP contribution is 2.30. The van der Waals surface area contributed by atoms with Crippen LogP contribution in [-0.2, 0) is 0 Å². The van der Waals surface area contributed by atoms with Crippen LogP contribution in [0.1, 0.15) is 25.8 Å². The summed E-state index contributed by atoms with van der Waals surface area (Å²) in [5, 5.41) is 11.7. The van der Waals surface area contributed by atoms with Crippen molar-refractivity contribution in [2.24, 2.45) is 5.10 Å². The first-order chi connectivity index (χ1) is 11.5. The first kappa shape index (κ1) is 18.9. The highest BCUT2D eigenvalue weighted by Gasteiger charge is 2.12. The van der Waals surface area contributed by atoms with Gasteiger partial charge < -0.3 is 5.32 Å². The largest absolute Gasteiger partial charge is 0.388 e. The molecular weight excluding hydrogens is 365 g/mol. The van der Waals surface area contributed by atoms with Crippen LogP contribution in [-0.4, -0.2) is 19.3 Å². The molecule has 0 aliphatic heterocycles. The van der Waals surface area contributed by atoms with Crippen molar-refractivity contribution >= 4 is 51.9 Å². The van der Waals surface area contributed by atoms with Gasteiger partial charge in [0.1, 0.15) is 0 Å². The van der Waals surface area contributed by atoms with E-state index in [2.05, 4.69) is 12.2 Å². The lowest BCUT2D eigenvalue weighted by Crippen LogP contribution is -2.20. The zero-order valence-corrected chi connectivity index (χ0v) is 16.2. The van der Waals surface area contributed by atoms with E-state index >= 15 is 0 Å². The molecule has 0 saturated heterocycles. The van der Waals surface area contributed by atoms with Crippen molar-refractivity contribution in [1.29, 1.82) is 0 Å². The Balaban J connectivity index is 2.45. The molecule has 24 heavy (non-hydrogen) atoms. The average molecular weight is 385 g/mol. The molecule has 3 nitrogen and oxygen atoms in total. The molecule has 0 spiro atoms. The number of nitrogens with one attached hydrogen (secondary N) is 1. The lowest BCUT2D eigenvalue weighted by molar-refractivity contribution is 0.806. The van der Waals surface area contributed by atoms with Gasteiger partial charge in [0.25, 0.3) is 0 Å². The molecule has 0 unspecified atom stereocenters. The maximum atomic E-state index is 6.34. The summed E-state index contributed by atoms with van der Waals surface area (Å²) in [4.78, 5) is 0. The van der Waals surface area contributed by atoms with Crippen molar-refractivity contribution in [2.75, 3.05) is 23.9 Å². The molecule has 0 aromatic heterocycles. The van der Waals surface area contributed by atoms with Crippen molar-refractivity contribution < 1.29 is 0 Å². The van der Waals surface area contributed by atoms with Crippen LogP contribution in [0.25, 0.3) is 0 Å². The molecule has 0 radical (unpaired) electrons. The van der Waals surface area contributed by atoms with Crippen LogP contribution in [0.5, 0.6) is 0 Å². The second kappa shape index (κ2) is 8.61. The highest BCUT2D eigenvalue weighted by molar-refractivity contribution is 6.36. The monoisotopic (exact) mass is 383 g/mol. The first-order valence-corrected chi connectivity index (χ1v) is 8.85. The molecule has 0 heterocycles. The maximum Gasteiger partial charge on any atom is 0.0781 e. The van der Waals surface area contributed by atoms with E-state index in [9.17, 15) is 0 Å². The number of anilines is 2. The fourth-order valence-electron chi connectivity index (χ4n) is 2.40. The van der Waals surface area contributed by atoms with Crippen LogP contribution in [0.4, 0.5) is 11.4 Å². The number of rotatable bonds is 6. The minimum atomic E-state index is 0.576. The molecule has 6 heteroatoms. The Morgan fingerprint density at radius 1 is 1.08 bits per heavy atom. The quantitative estimate of drug-likeness (QED) is 0.465. The van der Waals surface area contributed by atoms with Gasteiger partial charge in [0.05, 0.1) is 16.4 Å². The van der Waals surface area contributed by atoms with E-state index in [-0.39, 0.29) is 0 Å². The van der Waals surface area contributed by atoms with E-state index in [0.29, 0.717) is 15.1 Å². The molecule has 0 bridgehead atoms. The smallest absolute Gasteiger partial charge is 0.0781 e. The zero-order chi connectivity index (χ0) is 17.7. The Bertz CT molecular complexity index is 744. The number of hydrogen-bond donors (Lipinski definition) is 1. The second-order valence-electron chi connectivity index (χ2n) is 5.34. The SMILES string of the molecule is CCCN(/N=C(/C)c1cc(Cl)ccc1NC)c1ccc(Cl)cc1Cl. The molecule has 2 aromatic carbocycles. The van der Waals surface area contributed by atoms with Crippen LogP contribution in [0.3, 0.4) is 0 Å². The second-order valence-corrected chi connectivity index (χ2v) is 6.62. The van der Waals surface area contributed by atoms with Crippen LogP contribution >= 0.6 is 34.8 Å². The topological polar surface area (TPSA) is 27.6 Å². The fraction of sp³-hybridized carbons (Fsp3) is 0.278. The van der Waals surface area contributed by atoms with Crippen molar-refractivity contribution in [2.45, 2.75) is 20.3 Å². The van der Waals surface area contributed by atoms with Crippen LogP contribution < -0.4 is 10.3 Å². The summed E-state index contributed by atoms with van der Waals surface area (Å²) < 4.78 is 0. The maximum absolute atomic E-state index is 6.34. The van der Waals surface area contributed by atoms with Crippen LogP contribution in [0, 0.1) is 0 Å². The minimum Gasteiger partial charge on any atom is -0.388 e. The van der Waals surface area contributed by atoms with E-state index in [4.69, 9.17) is 39.9 Å². The van der Waals surface area contributed by atoms with Gasteiger partial charge in [0.2, 0.25) is 0 Å². The lowest BCUT2D eigenvalue weighted by Gasteiger charge is -2.21. The number of nitrogens with zero attached hydrogens (tertiary/aromatic N) is 2. The molecule has 0 aliphatic carbocycles. The Kier molecular flexibility index (Phi) is 6.79. The average Bonchev–Trinajstić information content (AvgIpc) is 2.54. The number of benzene rings is 2. The van der Waals surface area contributed by atoms with Gasteiger partial charge in [-0.3, -0.25) is 5.01 Å². The molecule has 0 saturated carbocycles. The van der Waals surface area contributed by atoms with Crippen molar-refractivity contribution in [3.63, 3.8) is 0 Å². The van der Waals surface area contributed by atoms with E-state index in [1.54, 1.807) is 6.07 Å². The summed E-state index contributed by atoms with van der Waals surface area (Å²) >= 11 is 18.5. The molecule has 128 valence electrons. The van der Waals surface area contributed by atoms with E-state index in [1.807, 2.05) is 49.3 Å². The number of hydrazone groups is 1. The molecule has 2 rings (SSSR count). The third-order valence-corrected chi connectivity index (χ3v) is 4.31. The van der Waals surface area contributed by atoms with Gasteiger partial charge in [0.15, 0.2) is 0 Å². The predicted octanol–water partition coefficient (Wildman–Crippen LogP) is 6.33. The van der Waals surface area contributed by atoms with Crippen molar-refractivity contribution in [1.82, 2.24) is 0 Å². The van der Waals surface area contributed by atoms with Crippen LogP contribution in [0.2, 0.25) is 15.1 Å². The number of hydrogen-bond acceptors (Lipinski definition) is 3. The lowest BCUT2D eigenvalue weighted by atomic mass is 10.1. The van der Waals surface area contributed by atoms with E-state index in [1.165, 1.54) is 0 Å². The van der Waals surface area contributed by atoms with E-state index < -0.39 is 0 Å². The van der Waals surface area contributed by atoms with Gasteiger partial charge in [-0.25, -0.2) is 0 Å².